The van der Waals surface area contributed by atoms with Crippen LogP contribution >= 0.6 is 0 Å². The Morgan fingerprint density at radius 2 is 1.68 bits per heavy atom. The average Bonchev–Trinajstić information content (AvgIpc) is 2.72. The lowest BCUT2D eigenvalue weighted by Crippen LogP contribution is -2.34. The maximum Gasteiger partial charge on any atom is 0.337 e. The number of anilines is 1. The van der Waals surface area contributed by atoms with Gasteiger partial charge in [-0.05, 0) is 55.0 Å². The summed E-state index contributed by atoms with van der Waals surface area (Å²) in [6.45, 7) is 1.68. The van der Waals surface area contributed by atoms with E-state index in [9.17, 15) is 18.8 Å². The highest BCUT2D eigenvalue weighted by atomic mass is 19.1. The van der Waals surface area contributed by atoms with Crippen molar-refractivity contribution in [2.45, 2.75) is 6.92 Å². The third-order valence-corrected chi connectivity index (χ3v) is 3.84. The molecule has 28 heavy (non-hydrogen) atoms. The van der Waals surface area contributed by atoms with Crippen LogP contribution in [0.2, 0.25) is 0 Å². The summed E-state index contributed by atoms with van der Waals surface area (Å²) in [7, 11) is 1.29. The Balaban J connectivity index is 1.90. The number of esters is 2. The van der Waals surface area contributed by atoms with Gasteiger partial charge in [0.1, 0.15) is 5.82 Å². The zero-order valence-electron chi connectivity index (χ0n) is 15.6. The van der Waals surface area contributed by atoms with Crippen LogP contribution in [0.3, 0.4) is 0 Å². The Labute approximate surface area is 162 Å². The maximum absolute atomic E-state index is 13.0. The van der Waals surface area contributed by atoms with E-state index >= 15 is 0 Å². The smallest absolute Gasteiger partial charge is 0.337 e. The predicted molar refractivity (Wildman–Crippen MR) is 102 cm³/mol. The van der Waals surface area contributed by atoms with Crippen molar-refractivity contribution in [2.24, 2.45) is 0 Å². The fourth-order valence-electron chi connectivity index (χ4n) is 2.40. The topological polar surface area (TPSA) is 72.9 Å². The highest BCUT2D eigenvalue weighted by Crippen LogP contribution is 2.15. The van der Waals surface area contributed by atoms with Crippen molar-refractivity contribution < 1.29 is 28.2 Å². The number of amides is 1. The van der Waals surface area contributed by atoms with E-state index in [4.69, 9.17) is 4.74 Å². The standard InChI is InChI=1S/C21H20FNO5/c1-3-23(18-11-9-17(22)10-12-18)19(24)14-28-20(25)13-6-15-4-7-16(8-5-15)21(26)27-2/h4-13H,3,14H2,1-2H3/b13-6+. The number of methoxy groups -OCH3 is 1. The molecule has 0 radical (unpaired) electrons. The minimum Gasteiger partial charge on any atom is -0.465 e. The molecule has 1 amide bonds. The maximum atomic E-state index is 13.0. The monoisotopic (exact) mass is 385 g/mol. The van der Waals surface area contributed by atoms with Gasteiger partial charge in [-0.25, -0.2) is 14.0 Å². The molecule has 0 aliphatic rings. The molecule has 0 bridgehead atoms. The molecule has 0 heterocycles. The number of carbonyl (C=O) groups excluding carboxylic acids is 3. The molecular formula is C21H20FNO5. The molecular weight excluding hydrogens is 365 g/mol. The lowest BCUT2D eigenvalue weighted by Gasteiger charge is -2.20. The van der Waals surface area contributed by atoms with Crippen molar-refractivity contribution in [1.82, 2.24) is 0 Å². The molecule has 0 aliphatic heterocycles. The van der Waals surface area contributed by atoms with Crippen molar-refractivity contribution in [3.8, 4) is 0 Å². The summed E-state index contributed by atoms with van der Waals surface area (Å²) in [6.07, 6.45) is 2.69. The molecule has 146 valence electrons. The third kappa shape index (κ3) is 5.77. The second-order valence-electron chi connectivity index (χ2n) is 5.67. The third-order valence-electron chi connectivity index (χ3n) is 3.84. The fraction of sp³-hybridized carbons (Fsp3) is 0.190. The zero-order chi connectivity index (χ0) is 20.5. The van der Waals surface area contributed by atoms with Gasteiger partial charge < -0.3 is 14.4 Å². The molecule has 0 spiro atoms. The summed E-state index contributed by atoms with van der Waals surface area (Å²) in [4.78, 5) is 36.8. The van der Waals surface area contributed by atoms with Crippen molar-refractivity contribution in [2.75, 3.05) is 25.2 Å². The van der Waals surface area contributed by atoms with Crippen LogP contribution in [0.4, 0.5) is 10.1 Å². The molecule has 0 saturated carbocycles. The number of hydrogen-bond acceptors (Lipinski definition) is 5. The molecule has 6 nitrogen and oxygen atoms in total. The van der Waals surface area contributed by atoms with Crippen LogP contribution in [0.1, 0.15) is 22.8 Å². The summed E-state index contributed by atoms with van der Waals surface area (Å²) in [5, 5.41) is 0. The lowest BCUT2D eigenvalue weighted by atomic mass is 10.1. The van der Waals surface area contributed by atoms with Gasteiger partial charge in [-0.1, -0.05) is 12.1 Å². The van der Waals surface area contributed by atoms with Crippen LogP contribution in [0.5, 0.6) is 0 Å². The molecule has 0 N–H and O–H groups in total. The minimum absolute atomic E-state index is 0.352. The van der Waals surface area contributed by atoms with E-state index in [1.165, 1.54) is 48.4 Å². The SMILES string of the molecule is CCN(C(=O)COC(=O)/C=C/c1ccc(C(=O)OC)cc1)c1ccc(F)cc1. The second kappa shape index (κ2) is 10.0. The highest BCUT2D eigenvalue weighted by molar-refractivity contribution is 5.96. The largest absolute Gasteiger partial charge is 0.465 e. The summed E-state index contributed by atoms with van der Waals surface area (Å²) in [5.41, 5.74) is 1.59. The second-order valence-corrected chi connectivity index (χ2v) is 5.67. The quantitative estimate of drug-likeness (QED) is 0.541. The molecule has 0 saturated heterocycles. The van der Waals surface area contributed by atoms with E-state index in [0.29, 0.717) is 23.4 Å². The Hall–Kier alpha value is -3.48. The Morgan fingerprint density at radius 1 is 1.04 bits per heavy atom. The van der Waals surface area contributed by atoms with Crippen LogP contribution in [-0.4, -0.2) is 38.1 Å². The number of halogens is 1. The average molecular weight is 385 g/mol. The lowest BCUT2D eigenvalue weighted by molar-refractivity contribution is -0.142. The van der Waals surface area contributed by atoms with E-state index in [-0.39, 0.29) is 0 Å². The number of rotatable bonds is 7. The number of likely N-dealkylation sites (N-methyl/N-ethyl adjacent to an activating group) is 1. The van der Waals surface area contributed by atoms with Crippen molar-refractivity contribution in [3.05, 3.63) is 71.6 Å². The first kappa shape index (κ1) is 20.8. The first-order chi connectivity index (χ1) is 13.4. The van der Waals surface area contributed by atoms with Gasteiger partial charge in [0.25, 0.3) is 5.91 Å². The predicted octanol–water partition coefficient (Wildman–Crippen LogP) is 3.22. The zero-order valence-corrected chi connectivity index (χ0v) is 15.6. The van der Waals surface area contributed by atoms with Gasteiger partial charge in [0, 0.05) is 18.3 Å². The number of benzene rings is 2. The van der Waals surface area contributed by atoms with Gasteiger partial charge in [0.05, 0.1) is 12.7 Å². The van der Waals surface area contributed by atoms with E-state index in [2.05, 4.69) is 4.74 Å². The Morgan fingerprint density at radius 3 is 2.25 bits per heavy atom. The molecule has 2 aromatic rings. The summed E-state index contributed by atoms with van der Waals surface area (Å²) >= 11 is 0. The van der Waals surface area contributed by atoms with Crippen LogP contribution < -0.4 is 4.90 Å². The molecule has 0 unspecified atom stereocenters. The van der Waals surface area contributed by atoms with E-state index in [1.807, 2.05) is 0 Å². The molecule has 2 aromatic carbocycles. The van der Waals surface area contributed by atoms with Crippen LogP contribution in [0.25, 0.3) is 6.08 Å². The van der Waals surface area contributed by atoms with Gasteiger partial charge in [-0.15, -0.1) is 0 Å². The summed E-state index contributed by atoms with van der Waals surface area (Å²) in [5.74, 6) is -1.95. The van der Waals surface area contributed by atoms with Gasteiger partial charge in [-0.3, -0.25) is 4.79 Å². The van der Waals surface area contributed by atoms with E-state index in [1.54, 1.807) is 31.2 Å². The molecule has 0 atom stereocenters. The van der Waals surface area contributed by atoms with Gasteiger partial charge in [0.2, 0.25) is 0 Å². The van der Waals surface area contributed by atoms with Crippen molar-refractivity contribution >= 4 is 29.6 Å². The summed E-state index contributed by atoms with van der Waals surface area (Å²) < 4.78 is 22.6. The molecule has 2 rings (SSSR count). The molecule has 0 fully saturated rings. The highest BCUT2D eigenvalue weighted by Gasteiger charge is 2.15. The number of ether oxygens (including phenoxy) is 2. The Kier molecular flexibility index (Phi) is 7.45. The Bertz CT molecular complexity index is 859. The fourth-order valence-corrected chi connectivity index (χ4v) is 2.40. The first-order valence-electron chi connectivity index (χ1n) is 8.53. The minimum atomic E-state index is -0.680. The number of carbonyl (C=O) groups is 3. The summed E-state index contributed by atoms with van der Waals surface area (Å²) in [6, 6.07) is 11.9. The van der Waals surface area contributed by atoms with Crippen molar-refractivity contribution in [1.29, 1.82) is 0 Å². The van der Waals surface area contributed by atoms with Gasteiger partial charge in [-0.2, -0.15) is 0 Å². The van der Waals surface area contributed by atoms with Crippen LogP contribution in [-0.2, 0) is 19.1 Å². The number of nitrogens with zero attached hydrogens (tertiary/aromatic N) is 1. The van der Waals surface area contributed by atoms with E-state index < -0.39 is 30.3 Å². The normalized spacial score (nSPS) is 10.5. The van der Waals surface area contributed by atoms with E-state index in [0.717, 1.165) is 0 Å². The first-order valence-corrected chi connectivity index (χ1v) is 8.53. The molecule has 7 heteroatoms. The van der Waals surface area contributed by atoms with Gasteiger partial charge in [0.15, 0.2) is 6.61 Å². The van der Waals surface area contributed by atoms with Gasteiger partial charge >= 0.3 is 11.9 Å². The number of hydrogen-bond donors (Lipinski definition) is 0. The van der Waals surface area contributed by atoms with Crippen LogP contribution in [0.15, 0.2) is 54.6 Å². The molecule has 0 aliphatic carbocycles. The van der Waals surface area contributed by atoms with Crippen molar-refractivity contribution in [3.63, 3.8) is 0 Å². The van der Waals surface area contributed by atoms with Crippen LogP contribution in [0, 0.1) is 5.82 Å². The molecule has 0 aromatic heterocycles.